The van der Waals surface area contributed by atoms with Crippen LogP contribution in [0.2, 0.25) is 0 Å². The Balaban J connectivity index is 1.59. The number of fused-ring (bicyclic) bond motifs is 1. The summed E-state index contributed by atoms with van der Waals surface area (Å²) in [5.41, 5.74) is 4.43. The Morgan fingerprint density at radius 3 is 2.82 bits per heavy atom. The van der Waals surface area contributed by atoms with Crippen molar-refractivity contribution in [2.45, 2.75) is 51.6 Å². The number of carboxylic acids is 1. The highest BCUT2D eigenvalue weighted by molar-refractivity contribution is 5.96. The molecule has 1 aromatic carbocycles. The first kappa shape index (κ1) is 23.0. The maximum atomic E-state index is 14.0. The molecular formula is C26H30FN3O3. The minimum Gasteiger partial charge on any atom is -0.496 e. The van der Waals surface area contributed by atoms with Gasteiger partial charge in [0.05, 0.1) is 7.11 Å². The van der Waals surface area contributed by atoms with Crippen LogP contribution >= 0.6 is 0 Å². The lowest BCUT2D eigenvalue weighted by atomic mass is 9.91. The molecule has 33 heavy (non-hydrogen) atoms. The Morgan fingerprint density at radius 2 is 2.15 bits per heavy atom. The van der Waals surface area contributed by atoms with Crippen molar-refractivity contribution in [2.75, 3.05) is 7.11 Å². The number of rotatable bonds is 8. The molecule has 1 aliphatic rings. The molecule has 0 fully saturated rings. The standard InChI is InChI=1S/C26H30FN3O3/c1-4-15(2)24(26(31)32)29-18-8-5-16(6-9-18)22-14-21-19(11-12-28-25(21)30-22)20-13-17(27)7-10-23(20)33-3/h5,7,10-15,18,24,29H,4,6,8-9H2,1-3H3,(H,28,30)(H,31,32)/t15-,18?,24-/m0/s1. The fraction of sp³-hybridized carbons (Fsp3) is 0.385. The summed E-state index contributed by atoms with van der Waals surface area (Å²) in [5.74, 6) is -0.434. The van der Waals surface area contributed by atoms with Crippen molar-refractivity contribution in [1.82, 2.24) is 15.3 Å². The molecule has 174 valence electrons. The summed E-state index contributed by atoms with van der Waals surface area (Å²) in [7, 11) is 1.57. The number of pyridine rings is 1. The van der Waals surface area contributed by atoms with Crippen molar-refractivity contribution in [1.29, 1.82) is 0 Å². The SMILES string of the molecule is CC[C@H](C)[C@H](NC1CC=C(c2cc3c(-c4cc(F)ccc4OC)ccnc3[nH]2)CC1)C(=O)O. The van der Waals surface area contributed by atoms with Crippen LogP contribution in [-0.4, -0.2) is 40.2 Å². The van der Waals surface area contributed by atoms with Crippen molar-refractivity contribution >= 4 is 22.6 Å². The summed E-state index contributed by atoms with van der Waals surface area (Å²) in [5, 5.41) is 13.8. The number of aromatic nitrogens is 2. The average molecular weight is 452 g/mol. The molecule has 0 spiro atoms. The first-order valence-corrected chi connectivity index (χ1v) is 11.4. The van der Waals surface area contributed by atoms with Gasteiger partial charge in [-0.15, -0.1) is 0 Å². The third-order valence-electron chi connectivity index (χ3n) is 6.63. The van der Waals surface area contributed by atoms with Crippen LogP contribution in [0.4, 0.5) is 4.39 Å². The zero-order valence-electron chi connectivity index (χ0n) is 19.2. The Bertz CT molecular complexity index is 1190. The highest BCUT2D eigenvalue weighted by atomic mass is 19.1. The predicted octanol–water partition coefficient (Wildman–Crippen LogP) is 5.40. The highest BCUT2D eigenvalue weighted by Gasteiger charge is 2.27. The van der Waals surface area contributed by atoms with Crippen LogP contribution in [0.25, 0.3) is 27.7 Å². The summed E-state index contributed by atoms with van der Waals surface area (Å²) in [6.45, 7) is 3.98. The summed E-state index contributed by atoms with van der Waals surface area (Å²) < 4.78 is 19.4. The van der Waals surface area contributed by atoms with Crippen LogP contribution in [0.5, 0.6) is 5.75 Å². The molecule has 6 nitrogen and oxygen atoms in total. The van der Waals surface area contributed by atoms with E-state index in [1.54, 1.807) is 19.4 Å². The van der Waals surface area contributed by atoms with E-state index in [1.807, 2.05) is 19.9 Å². The van der Waals surface area contributed by atoms with Gasteiger partial charge in [0.2, 0.25) is 0 Å². The van der Waals surface area contributed by atoms with Gasteiger partial charge in [-0.25, -0.2) is 9.37 Å². The highest BCUT2D eigenvalue weighted by Crippen LogP contribution is 2.37. The van der Waals surface area contributed by atoms with Gasteiger partial charge in [0.1, 0.15) is 23.3 Å². The molecule has 0 radical (unpaired) electrons. The number of H-pyrrole nitrogens is 1. The molecular weight excluding hydrogens is 421 g/mol. The van der Waals surface area contributed by atoms with Crippen molar-refractivity contribution in [3.05, 3.63) is 54.1 Å². The van der Waals surface area contributed by atoms with Crippen LogP contribution in [0.1, 0.15) is 45.2 Å². The van der Waals surface area contributed by atoms with Gasteiger partial charge in [-0.3, -0.25) is 4.79 Å². The minimum absolute atomic E-state index is 0.0749. The van der Waals surface area contributed by atoms with Crippen molar-refractivity contribution in [2.24, 2.45) is 5.92 Å². The number of methoxy groups -OCH3 is 1. The lowest BCUT2D eigenvalue weighted by Gasteiger charge is -2.28. The zero-order chi connectivity index (χ0) is 23.5. The quantitative estimate of drug-likeness (QED) is 0.427. The van der Waals surface area contributed by atoms with Gasteiger partial charge < -0.3 is 20.1 Å². The summed E-state index contributed by atoms with van der Waals surface area (Å²) >= 11 is 0. The van der Waals surface area contributed by atoms with E-state index in [9.17, 15) is 14.3 Å². The molecule has 0 bridgehead atoms. The van der Waals surface area contributed by atoms with E-state index in [1.165, 1.54) is 17.7 Å². The Hall–Kier alpha value is -3.19. The molecule has 0 saturated heterocycles. The molecule has 2 aromatic heterocycles. The molecule has 0 amide bonds. The largest absolute Gasteiger partial charge is 0.496 e. The van der Waals surface area contributed by atoms with E-state index < -0.39 is 12.0 Å². The molecule has 7 heteroatoms. The van der Waals surface area contributed by atoms with Gasteiger partial charge in [0, 0.05) is 28.9 Å². The molecule has 3 aromatic rings. The van der Waals surface area contributed by atoms with Crippen LogP contribution < -0.4 is 10.1 Å². The number of aliphatic carboxylic acids is 1. The van der Waals surface area contributed by atoms with Gasteiger partial charge in [0.25, 0.3) is 0 Å². The number of carbonyl (C=O) groups is 1. The molecule has 2 heterocycles. The van der Waals surface area contributed by atoms with E-state index in [4.69, 9.17) is 4.74 Å². The first-order chi connectivity index (χ1) is 15.9. The fourth-order valence-electron chi connectivity index (χ4n) is 4.52. The molecule has 3 N–H and O–H groups in total. The van der Waals surface area contributed by atoms with Crippen LogP contribution in [0.15, 0.2) is 42.6 Å². The molecule has 3 atom stereocenters. The second-order valence-electron chi connectivity index (χ2n) is 8.72. The topological polar surface area (TPSA) is 87.2 Å². The maximum absolute atomic E-state index is 14.0. The molecule has 0 aliphatic heterocycles. The maximum Gasteiger partial charge on any atom is 0.320 e. The Labute approximate surface area is 192 Å². The molecule has 1 unspecified atom stereocenters. The second-order valence-corrected chi connectivity index (χ2v) is 8.72. The van der Waals surface area contributed by atoms with Crippen LogP contribution in [-0.2, 0) is 4.79 Å². The average Bonchev–Trinajstić information content (AvgIpc) is 3.26. The van der Waals surface area contributed by atoms with Gasteiger partial charge in [-0.1, -0.05) is 26.3 Å². The van der Waals surface area contributed by atoms with Crippen LogP contribution in [0.3, 0.4) is 0 Å². The number of ether oxygens (including phenoxy) is 1. The number of nitrogens with zero attached hydrogens (tertiary/aromatic N) is 1. The lowest BCUT2D eigenvalue weighted by molar-refractivity contribution is -0.141. The van der Waals surface area contributed by atoms with E-state index in [2.05, 4.69) is 27.4 Å². The fourth-order valence-corrected chi connectivity index (χ4v) is 4.52. The molecule has 1 aliphatic carbocycles. The lowest BCUT2D eigenvalue weighted by Crippen LogP contribution is -2.47. The monoisotopic (exact) mass is 451 g/mol. The Kier molecular flexibility index (Phi) is 6.79. The smallest absolute Gasteiger partial charge is 0.320 e. The number of nitrogens with one attached hydrogen (secondary N) is 2. The normalized spacial score (nSPS) is 18.1. The van der Waals surface area contributed by atoms with E-state index >= 15 is 0 Å². The Morgan fingerprint density at radius 1 is 1.33 bits per heavy atom. The number of aromatic amines is 1. The summed E-state index contributed by atoms with van der Waals surface area (Å²) in [4.78, 5) is 19.5. The van der Waals surface area contributed by atoms with E-state index in [0.717, 1.165) is 48.0 Å². The summed E-state index contributed by atoms with van der Waals surface area (Å²) in [6.07, 6.45) is 7.15. The number of allylic oxidation sites excluding steroid dienone is 1. The van der Waals surface area contributed by atoms with E-state index in [0.29, 0.717) is 11.3 Å². The van der Waals surface area contributed by atoms with Gasteiger partial charge in [-0.05, 0) is 66.6 Å². The van der Waals surface area contributed by atoms with Crippen LogP contribution in [0, 0.1) is 11.7 Å². The first-order valence-electron chi connectivity index (χ1n) is 11.4. The van der Waals surface area contributed by atoms with Gasteiger partial charge in [-0.2, -0.15) is 0 Å². The van der Waals surface area contributed by atoms with Gasteiger partial charge in [0.15, 0.2) is 0 Å². The molecule has 4 rings (SSSR count). The molecule has 0 saturated carbocycles. The number of halogens is 1. The minimum atomic E-state index is -0.791. The summed E-state index contributed by atoms with van der Waals surface area (Å²) in [6, 6.07) is 8.03. The third-order valence-corrected chi connectivity index (χ3v) is 6.63. The van der Waals surface area contributed by atoms with Gasteiger partial charge >= 0.3 is 5.97 Å². The van der Waals surface area contributed by atoms with Crippen molar-refractivity contribution < 1.29 is 19.0 Å². The number of hydrogen-bond donors (Lipinski definition) is 3. The number of benzene rings is 1. The predicted molar refractivity (Wildman–Crippen MR) is 128 cm³/mol. The third kappa shape index (κ3) is 4.78. The number of hydrogen-bond acceptors (Lipinski definition) is 4. The van der Waals surface area contributed by atoms with Crippen molar-refractivity contribution in [3.63, 3.8) is 0 Å². The number of carboxylic acid groups (broad SMARTS) is 1. The second kappa shape index (κ2) is 9.75. The van der Waals surface area contributed by atoms with Crippen molar-refractivity contribution in [3.8, 4) is 16.9 Å². The van der Waals surface area contributed by atoms with E-state index in [-0.39, 0.29) is 17.8 Å². The zero-order valence-corrected chi connectivity index (χ0v) is 19.2.